The summed E-state index contributed by atoms with van der Waals surface area (Å²) < 4.78 is 22.6. The maximum absolute atomic E-state index is 11.8. The number of carbonyl (C=O) groups is 2. The van der Waals surface area contributed by atoms with Crippen LogP contribution in [-0.2, 0) is 14.6 Å². The maximum atomic E-state index is 11.8. The van der Waals surface area contributed by atoms with Crippen molar-refractivity contribution in [1.29, 1.82) is 0 Å². The number of benzene rings is 1. The van der Waals surface area contributed by atoms with E-state index in [1.54, 1.807) is 24.3 Å². The molecular formula is C14H18N2O4S. The van der Waals surface area contributed by atoms with E-state index in [4.69, 9.17) is 0 Å². The van der Waals surface area contributed by atoms with Crippen molar-refractivity contribution in [3.63, 3.8) is 0 Å². The Bertz CT molecular complexity index is 655. The molecule has 1 heterocycles. The first kappa shape index (κ1) is 15.5. The van der Waals surface area contributed by atoms with Crippen molar-refractivity contribution in [3.8, 4) is 0 Å². The third kappa shape index (κ3) is 4.56. The highest BCUT2D eigenvalue weighted by molar-refractivity contribution is 7.91. The third-order valence-electron chi connectivity index (χ3n) is 3.32. The SMILES string of the molecule is CC(=O)c1cccc(NCC(=O)NC2CCS(=O)(=O)C2)c1. The summed E-state index contributed by atoms with van der Waals surface area (Å²) >= 11 is 0. The molecule has 1 aliphatic heterocycles. The number of sulfone groups is 1. The lowest BCUT2D eigenvalue weighted by molar-refractivity contribution is -0.119. The molecule has 114 valence electrons. The van der Waals surface area contributed by atoms with Gasteiger partial charge in [0.1, 0.15) is 0 Å². The standard InChI is InChI=1S/C14H18N2O4S/c1-10(17)11-3-2-4-12(7-11)15-8-14(18)16-13-5-6-21(19,20)9-13/h2-4,7,13,15H,5-6,8-9H2,1H3,(H,16,18). The molecule has 1 saturated heterocycles. The van der Waals surface area contributed by atoms with E-state index in [0.717, 1.165) is 0 Å². The van der Waals surface area contributed by atoms with E-state index < -0.39 is 9.84 Å². The second-order valence-electron chi connectivity index (χ2n) is 5.16. The highest BCUT2D eigenvalue weighted by Crippen LogP contribution is 2.12. The summed E-state index contributed by atoms with van der Waals surface area (Å²) in [6.07, 6.45) is 0.466. The van der Waals surface area contributed by atoms with Crippen molar-refractivity contribution in [1.82, 2.24) is 5.32 Å². The summed E-state index contributed by atoms with van der Waals surface area (Å²) in [7, 11) is -3.00. The van der Waals surface area contributed by atoms with Gasteiger partial charge in [0, 0.05) is 17.3 Å². The van der Waals surface area contributed by atoms with Gasteiger partial charge in [-0.1, -0.05) is 12.1 Å². The van der Waals surface area contributed by atoms with Crippen molar-refractivity contribution in [2.45, 2.75) is 19.4 Å². The molecule has 2 rings (SSSR count). The molecule has 1 unspecified atom stereocenters. The molecule has 1 atom stereocenters. The molecule has 1 fully saturated rings. The summed E-state index contributed by atoms with van der Waals surface area (Å²) in [6, 6.07) is 6.58. The minimum absolute atomic E-state index is 0.0125. The number of amides is 1. The number of rotatable bonds is 5. The largest absolute Gasteiger partial charge is 0.376 e. The number of carbonyl (C=O) groups excluding carboxylic acids is 2. The normalized spacial score (nSPS) is 20.0. The lowest BCUT2D eigenvalue weighted by Crippen LogP contribution is -2.39. The van der Waals surface area contributed by atoms with Crippen LogP contribution in [0.1, 0.15) is 23.7 Å². The van der Waals surface area contributed by atoms with Gasteiger partial charge in [-0.05, 0) is 25.5 Å². The van der Waals surface area contributed by atoms with Gasteiger partial charge in [0.2, 0.25) is 5.91 Å². The van der Waals surface area contributed by atoms with Crippen molar-refractivity contribution < 1.29 is 18.0 Å². The van der Waals surface area contributed by atoms with Crippen LogP contribution in [0.5, 0.6) is 0 Å². The van der Waals surface area contributed by atoms with E-state index in [0.29, 0.717) is 17.7 Å². The predicted molar refractivity (Wildman–Crippen MR) is 80.1 cm³/mol. The monoisotopic (exact) mass is 310 g/mol. The number of hydrogen-bond acceptors (Lipinski definition) is 5. The molecular weight excluding hydrogens is 292 g/mol. The molecule has 1 aromatic carbocycles. The molecule has 0 radical (unpaired) electrons. The van der Waals surface area contributed by atoms with Crippen LogP contribution >= 0.6 is 0 Å². The molecule has 1 aromatic rings. The van der Waals surface area contributed by atoms with Crippen LogP contribution in [0.15, 0.2) is 24.3 Å². The molecule has 7 heteroatoms. The first-order valence-electron chi connectivity index (χ1n) is 6.70. The fourth-order valence-corrected chi connectivity index (χ4v) is 3.89. The van der Waals surface area contributed by atoms with Crippen molar-refractivity contribution in [3.05, 3.63) is 29.8 Å². The van der Waals surface area contributed by atoms with Gasteiger partial charge in [0.15, 0.2) is 15.6 Å². The molecule has 1 aliphatic rings. The Morgan fingerprint density at radius 1 is 1.33 bits per heavy atom. The van der Waals surface area contributed by atoms with E-state index in [1.165, 1.54) is 6.92 Å². The number of ketones is 1. The number of Topliss-reactive ketones (excluding diaryl/α,β-unsaturated/α-hetero) is 1. The average Bonchev–Trinajstić information content (AvgIpc) is 2.76. The van der Waals surface area contributed by atoms with Crippen LogP contribution in [-0.4, -0.2) is 44.2 Å². The van der Waals surface area contributed by atoms with Gasteiger partial charge in [-0.2, -0.15) is 0 Å². The van der Waals surface area contributed by atoms with E-state index in [9.17, 15) is 18.0 Å². The van der Waals surface area contributed by atoms with Gasteiger partial charge in [0.25, 0.3) is 0 Å². The van der Waals surface area contributed by atoms with E-state index in [2.05, 4.69) is 10.6 Å². The third-order valence-corrected chi connectivity index (χ3v) is 5.09. The predicted octanol–water partition coefficient (Wildman–Crippen LogP) is 0.604. The molecule has 21 heavy (non-hydrogen) atoms. The van der Waals surface area contributed by atoms with Gasteiger partial charge in [-0.15, -0.1) is 0 Å². The molecule has 6 nitrogen and oxygen atoms in total. The van der Waals surface area contributed by atoms with Crippen LogP contribution < -0.4 is 10.6 Å². The van der Waals surface area contributed by atoms with Gasteiger partial charge in [-0.25, -0.2) is 8.42 Å². The molecule has 0 aromatic heterocycles. The molecule has 1 amide bonds. The number of hydrogen-bond donors (Lipinski definition) is 2. The quantitative estimate of drug-likeness (QED) is 0.777. The van der Waals surface area contributed by atoms with Crippen LogP contribution in [0.3, 0.4) is 0 Å². The highest BCUT2D eigenvalue weighted by atomic mass is 32.2. The summed E-state index contributed by atoms with van der Waals surface area (Å²) in [6.45, 7) is 1.52. The van der Waals surface area contributed by atoms with Crippen LogP contribution in [0, 0.1) is 0 Å². The van der Waals surface area contributed by atoms with E-state index in [-0.39, 0.29) is 35.8 Å². The maximum Gasteiger partial charge on any atom is 0.239 e. The Labute approximate surface area is 123 Å². The average molecular weight is 310 g/mol. The van der Waals surface area contributed by atoms with Crippen molar-refractivity contribution in [2.24, 2.45) is 0 Å². The highest BCUT2D eigenvalue weighted by Gasteiger charge is 2.28. The fourth-order valence-electron chi connectivity index (χ4n) is 2.22. The summed E-state index contributed by atoms with van der Waals surface area (Å²) in [4.78, 5) is 23.0. The number of nitrogens with one attached hydrogen (secondary N) is 2. The first-order valence-corrected chi connectivity index (χ1v) is 8.52. The zero-order valence-electron chi connectivity index (χ0n) is 11.8. The van der Waals surface area contributed by atoms with Gasteiger partial charge in [0.05, 0.1) is 18.1 Å². The minimum Gasteiger partial charge on any atom is -0.376 e. The van der Waals surface area contributed by atoms with Gasteiger partial charge >= 0.3 is 0 Å². The Hall–Kier alpha value is -1.89. The fraction of sp³-hybridized carbons (Fsp3) is 0.429. The van der Waals surface area contributed by atoms with Crippen LogP contribution in [0.25, 0.3) is 0 Å². The summed E-state index contributed by atoms with van der Waals surface area (Å²) in [5, 5.41) is 5.62. The molecule has 0 saturated carbocycles. The number of anilines is 1. The topological polar surface area (TPSA) is 92.3 Å². The summed E-state index contributed by atoms with van der Waals surface area (Å²) in [5.41, 5.74) is 1.25. The summed E-state index contributed by atoms with van der Waals surface area (Å²) in [5.74, 6) is -0.158. The molecule has 0 spiro atoms. The van der Waals surface area contributed by atoms with E-state index >= 15 is 0 Å². The van der Waals surface area contributed by atoms with Crippen LogP contribution in [0.4, 0.5) is 5.69 Å². The van der Waals surface area contributed by atoms with Crippen molar-refractivity contribution >= 4 is 27.2 Å². The smallest absolute Gasteiger partial charge is 0.239 e. The zero-order chi connectivity index (χ0) is 15.5. The molecule has 0 bridgehead atoms. The second kappa shape index (κ2) is 6.26. The molecule has 2 N–H and O–H groups in total. The van der Waals surface area contributed by atoms with Gasteiger partial charge in [-0.3, -0.25) is 9.59 Å². The Morgan fingerprint density at radius 3 is 2.71 bits per heavy atom. The minimum atomic E-state index is -3.00. The van der Waals surface area contributed by atoms with Crippen molar-refractivity contribution in [2.75, 3.05) is 23.4 Å². The Kier molecular flexibility index (Phi) is 4.62. The lowest BCUT2D eigenvalue weighted by atomic mass is 10.1. The van der Waals surface area contributed by atoms with E-state index in [1.807, 2.05) is 0 Å². The Morgan fingerprint density at radius 2 is 2.10 bits per heavy atom. The second-order valence-corrected chi connectivity index (χ2v) is 7.39. The van der Waals surface area contributed by atoms with Crippen LogP contribution in [0.2, 0.25) is 0 Å². The molecule has 0 aliphatic carbocycles. The van der Waals surface area contributed by atoms with Gasteiger partial charge < -0.3 is 10.6 Å². The lowest BCUT2D eigenvalue weighted by Gasteiger charge is -2.12. The Balaban J connectivity index is 1.84. The first-order chi connectivity index (χ1) is 9.85. The zero-order valence-corrected chi connectivity index (χ0v) is 12.6.